The highest BCUT2D eigenvalue weighted by Crippen LogP contribution is 2.27. The van der Waals surface area contributed by atoms with Crippen molar-refractivity contribution in [3.63, 3.8) is 0 Å². The van der Waals surface area contributed by atoms with Crippen molar-refractivity contribution in [2.45, 2.75) is 12.5 Å². The SMILES string of the molecule is COc1ccc(OC)c(C[C@@H](Oc2cccc(Cl)c2)C(=O)O)c1. The summed E-state index contributed by atoms with van der Waals surface area (Å²) in [7, 11) is 3.07. The molecule has 0 fully saturated rings. The van der Waals surface area contributed by atoms with E-state index in [4.69, 9.17) is 25.8 Å². The lowest BCUT2D eigenvalue weighted by Gasteiger charge is -2.17. The van der Waals surface area contributed by atoms with Crippen LogP contribution in [0.3, 0.4) is 0 Å². The third-order valence-corrected chi connectivity index (χ3v) is 3.48. The molecule has 2 aromatic rings. The Morgan fingerprint density at radius 1 is 1.13 bits per heavy atom. The third kappa shape index (κ3) is 4.53. The van der Waals surface area contributed by atoms with E-state index < -0.39 is 12.1 Å². The molecule has 0 saturated carbocycles. The van der Waals surface area contributed by atoms with Gasteiger partial charge in [0, 0.05) is 17.0 Å². The molecule has 0 heterocycles. The number of hydrogen-bond acceptors (Lipinski definition) is 4. The van der Waals surface area contributed by atoms with E-state index in [0.717, 1.165) is 0 Å². The van der Waals surface area contributed by atoms with Crippen LogP contribution in [0.15, 0.2) is 42.5 Å². The van der Waals surface area contributed by atoms with Gasteiger partial charge >= 0.3 is 5.97 Å². The predicted molar refractivity (Wildman–Crippen MR) is 86.8 cm³/mol. The zero-order valence-electron chi connectivity index (χ0n) is 12.8. The lowest BCUT2D eigenvalue weighted by Crippen LogP contribution is -2.29. The summed E-state index contributed by atoms with van der Waals surface area (Å²) < 4.78 is 16.0. The second-order valence-electron chi connectivity index (χ2n) is 4.78. The average molecular weight is 337 g/mol. The van der Waals surface area contributed by atoms with Crippen molar-refractivity contribution in [1.29, 1.82) is 0 Å². The minimum Gasteiger partial charge on any atom is -0.497 e. The lowest BCUT2D eigenvalue weighted by atomic mass is 10.1. The van der Waals surface area contributed by atoms with Crippen LogP contribution in [0.25, 0.3) is 0 Å². The molecule has 5 nitrogen and oxygen atoms in total. The van der Waals surface area contributed by atoms with Crippen molar-refractivity contribution < 1.29 is 24.1 Å². The van der Waals surface area contributed by atoms with Crippen LogP contribution in [0.4, 0.5) is 0 Å². The Hall–Kier alpha value is -2.40. The molecule has 0 saturated heterocycles. The van der Waals surface area contributed by atoms with Crippen molar-refractivity contribution in [2.24, 2.45) is 0 Å². The minimum atomic E-state index is -1.07. The fourth-order valence-corrected chi connectivity index (χ4v) is 2.31. The minimum absolute atomic E-state index is 0.127. The molecule has 0 amide bonds. The van der Waals surface area contributed by atoms with E-state index in [0.29, 0.717) is 27.8 Å². The standard InChI is InChI=1S/C17H17ClO5/c1-21-13-6-7-15(22-2)11(8-13)9-16(17(19)20)23-14-5-3-4-12(18)10-14/h3-8,10,16H,9H2,1-2H3,(H,19,20)/t16-/m1/s1. The Balaban J connectivity index is 2.24. The molecule has 0 aliphatic carbocycles. The summed E-state index contributed by atoms with van der Waals surface area (Å²) in [4.78, 5) is 11.5. The van der Waals surface area contributed by atoms with Gasteiger partial charge in [0.1, 0.15) is 17.2 Å². The largest absolute Gasteiger partial charge is 0.497 e. The van der Waals surface area contributed by atoms with Gasteiger partial charge in [-0.1, -0.05) is 17.7 Å². The number of aliphatic carboxylic acids is 1. The van der Waals surface area contributed by atoms with Crippen LogP contribution in [0, 0.1) is 0 Å². The molecule has 122 valence electrons. The van der Waals surface area contributed by atoms with Crippen molar-refractivity contribution in [2.75, 3.05) is 14.2 Å². The summed E-state index contributed by atoms with van der Waals surface area (Å²) in [5.41, 5.74) is 0.682. The molecule has 0 spiro atoms. The smallest absolute Gasteiger partial charge is 0.345 e. The number of rotatable bonds is 7. The molecular formula is C17H17ClO5. The van der Waals surface area contributed by atoms with Crippen molar-refractivity contribution >= 4 is 17.6 Å². The van der Waals surface area contributed by atoms with Gasteiger partial charge in [0.2, 0.25) is 0 Å². The quantitative estimate of drug-likeness (QED) is 0.839. The Morgan fingerprint density at radius 3 is 2.52 bits per heavy atom. The molecule has 0 radical (unpaired) electrons. The fourth-order valence-electron chi connectivity index (χ4n) is 2.13. The molecule has 1 N–H and O–H groups in total. The highest BCUT2D eigenvalue weighted by Gasteiger charge is 2.22. The predicted octanol–water partition coefficient (Wildman–Crippen LogP) is 3.43. The van der Waals surface area contributed by atoms with E-state index in [1.54, 1.807) is 49.6 Å². The molecule has 0 aromatic heterocycles. The van der Waals surface area contributed by atoms with Crippen molar-refractivity contribution in [1.82, 2.24) is 0 Å². The molecule has 2 aromatic carbocycles. The van der Waals surface area contributed by atoms with Gasteiger partial charge in [-0.25, -0.2) is 4.79 Å². The van der Waals surface area contributed by atoms with Crippen LogP contribution < -0.4 is 14.2 Å². The van der Waals surface area contributed by atoms with Gasteiger partial charge < -0.3 is 19.3 Å². The number of hydrogen-bond donors (Lipinski definition) is 1. The van der Waals surface area contributed by atoms with E-state index in [9.17, 15) is 9.90 Å². The molecule has 0 aliphatic heterocycles. The van der Waals surface area contributed by atoms with Crippen LogP contribution in [0.5, 0.6) is 17.2 Å². The highest BCUT2D eigenvalue weighted by molar-refractivity contribution is 6.30. The van der Waals surface area contributed by atoms with Crippen LogP contribution in [-0.4, -0.2) is 31.4 Å². The zero-order valence-corrected chi connectivity index (χ0v) is 13.5. The number of benzene rings is 2. The van der Waals surface area contributed by atoms with Crippen molar-refractivity contribution in [3.05, 3.63) is 53.1 Å². The second kappa shape index (κ2) is 7.74. The van der Waals surface area contributed by atoms with Gasteiger partial charge in [0.25, 0.3) is 0 Å². The molecule has 2 rings (SSSR count). The third-order valence-electron chi connectivity index (χ3n) is 3.24. The van der Waals surface area contributed by atoms with Crippen LogP contribution in [0.2, 0.25) is 5.02 Å². The van der Waals surface area contributed by atoms with Gasteiger partial charge in [0.15, 0.2) is 6.10 Å². The fraction of sp³-hybridized carbons (Fsp3) is 0.235. The van der Waals surface area contributed by atoms with Crippen molar-refractivity contribution in [3.8, 4) is 17.2 Å². The number of ether oxygens (including phenoxy) is 3. The van der Waals surface area contributed by atoms with Gasteiger partial charge in [-0.3, -0.25) is 0 Å². The molecular weight excluding hydrogens is 320 g/mol. The summed E-state index contributed by atoms with van der Waals surface area (Å²) in [6.07, 6.45) is -0.947. The Morgan fingerprint density at radius 2 is 1.91 bits per heavy atom. The first kappa shape index (κ1) is 17.0. The normalized spacial score (nSPS) is 11.6. The van der Waals surface area contributed by atoms with Crippen LogP contribution >= 0.6 is 11.6 Å². The van der Waals surface area contributed by atoms with Gasteiger partial charge in [-0.05, 0) is 36.4 Å². The summed E-state index contributed by atoms with van der Waals surface area (Å²) in [6, 6.07) is 11.8. The van der Waals surface area contributed by atoms with Gasteiger partial charge in [0.05, 0.1) is 14.2 Å². The molecule has 1 atom stereocenters. The van der Waals surface area contributed by atoms with E-state index in [1.165, 1.54) is 7.11 Å². The van der Waals surface area contributed by atoms with E-state index in [-0.39, 0.29) is 6.42 Å². The van der Waals surface area contributed by atoms with E-state index in [2.05, 4.69) is 0 Å². The Kier molecular flexibility index (Phi) is 5.71. The maximum atomic E-state index is 11.5. The number of halogens is 1. The van der Waals surface area contributed by atoms with E-state index >= 15 is 0 Å². The molecule has 0 aliphatic rings. The number of carbonyl (C=O) groups is 1. The molecule has 0 bridgehead atoms. The van der Waals surface area contributed by atoms with E-state index in [1.807, 2.05) is 0 Å². The number of carboxylic acid groups (broad SMARTS) is 1. The summed E-state index contributed by atoms with van der Waals surface area (Å²) in [5.74, 6) is 0.515. The average Bonchev–Trinajstić information content (AvgIpc) is 2.54. The lowest BCUT2D eigenvalue weighted by molar-refractivity contribution is -0.145. The second-order valence-corrected chi connectivity index (χ2v) is 5.22. The topological polar surface area (TPSA) is 65.0 Å². The number of carboxylic acids is 1. The Labute approximate surface area is 139 Å². The first-order chi connectivity index (χ1) is 11.0. The zero-order chi connectivity index (χ0) is 16.8. The van der Waals surface area contributed by atoms with Gasteiger partial charge in [-0.2, -0.15) is 0 Å². The maximum Gasteiger partial charge on any atom is 0.345 e. The maximum absolute atomic E-state index is 11.5. The van der Waals surface area contributed by atoms with Gasteiger partial charge in [-0.15, -0.1) is 0 Å². The molecule has 6 heteroatoms. The summed E-state index contributed by atoms with van der Waals surface area (Å²) in [5, 5.41) is 9.90. The Bertz CT molecular complexity index is 686. The van der Waals surface area contributed by atoms with Crippen LogP contribution in [0.1, 0.15) is 5.56 Å². The first-order valence-corrected chi connectivity index (χ1v) is 7.27. The highest BCUT2D eigenvalue weighted by atomic mass is 35.5. The summed E-state index contributed by atoms with van der Waals surface area (Å²) in [6.45, 7) is 0. The number of methoxy groups -OCH3 is 2. The molecule has 23 heavy (non-hydrogen) atoms. The first-order valence-electron chi connectivity index (χ1n) is 6.89. The van der Waals surface area contributed by atoms with Crippen LogP contribution in [-0.2, 0) is 11.2 Å². The summed E-state index contributed by atoms with van der Waals surface area (Å²) >= 11 is 5.89. The molecule has 0 unspecified atom stereocenters. The monoisotopic (exact) mass is 336 g/mol.